The zero-order valence-electron chi connectivity index (χ0n) is 5.50. The first-order chi connectivity index (χ1) is 4.86. The van der Waals surface area contributed by atoms with E-state index in [1.807, 2.05) is 23.9 Å². The maximum atomic E-state index is 9.08. The van der Waals surface area contributed by atoms with Crippen LogP contribution in [0.1, 0.15) is 5.56 Å². The molecule has 0 bridgehead atoms. The molecule has 2 heteroatoms. The number of benzene rings is 1. The SMILES string of the molecule is Oc1ccc2c(c1)SCC2. The van der Waals surface area contributed by atoms with E-state index in [9.17, 15) is 0 Å². The average Bonchev–Trinajstić information content (AvgIpc) is 2.33. The summed E-state index contributed by atoms with van der Waals surface area (Å²) in [4.78, 5) is 1.25. The molecule has 0 saturated carbocycles. The van der Waals surface area contributed by atoms with Gasteiger partial charge in [0.05, 0.1) is 0 Å². The Hall–Kier alpha value is -0.630. The van der Waals surface area contributed by atoms with E-state index >= 15 is 0 Å². The van der Waals surface area contributed by atoms with Gasteiger partial charge in [-0.05, 0) is 24.1 Å². The molecular formula is C8H8OS. The maximum absolute atomic E-state index is 9.08. The Labute approximate surface area is 64.1 Å². The normalized spacial score (nSPS) is 15.2. The van der Waals surface area contributed by atoms with Gasteiger partial charge < -0.3 is 5.11 Å². The van der Waals surface area contributed by atoms with Crippen molar-refractivity contribution in [1.82, 2.24) is 0 Å². The zero-order valence-corrected chi connectivity index (χ0v) is 6.32. The molecule has 2 rings (SSSR count). The Bertz CT molecular complexity index is 257. The standard InChI is InChI=1S/C8H8OS/c9-7-2-1-6-3-4-10-8(6)5-7/h1-2,5,9H,3-4H2. The van der Waals surface area contributed by atoms with Gasteiger partial charge in [-0.1, -0.05) is 6.07 Å². The highest BCUT2D eigenvalue weighted by Crippen LogP contribution is 2.33. The van der Waals surface area contributed by atoms with Crippen LogP contribution in [0.2, 0.25) is 0 Å². The van der Waals surface area contributed by atoms with Crippen LogP contribution < -0.4 is 0 Å². The fraction of sp³-hybridized carbons (Fsp3) is 0.250. The molecule has 52 valence electrons. The predicted molar refractivity (Wildman–Crippen MR) is 42.5 cm³/mol. The fourth-order valence-electron chi connectivity index (χ4n) is 1.16. The minimum absolute atomic E-state index is 0.383. The molecule has 0 aliphatic carbocycles. The molecule has 1 heterocycles. The van der Waals surface area contributed by atoms with Crippen LogP contribution in [0.25, 0.3) is 0 Å². The smallest absolute Gasteiger partial charge is 0.116 e. The molecule has 1 nitrogen and oxygen atoms in total. The first-order valence-corrected chi connectivity index (χ1v) is 4.29. The van der Waals surface area contributed by atoms with E-state index in [-0.39, 0.29) is 0 Å². The minimum Gasteiger partial charge on any atom is -0.508 e. The zero-order chi connectivity index (χ0) is 6.97. The highest BCUT2D eigenvalue weighted by molar-refractivity contribution is 7.99. The third kappa shape index (κ3) is 0.886. The van der Waals surface area contributed by atoms with Crippen LogP contribution in [0.3, 0.4) is 0 Å². The van der Waals surface area contributed by atoms with Crippen LogP contribution in [0.4, 0.5) is 0 Å². The quantitative estimate of drug-likeness (QED) is 0.614. The first kappa shape index (κ1) is 6.10. The van der Waals surface area contributed by atoms with E-state index in [2.05, 4.69) is 0 Å². The number of thioether (sulfide) groups is 1. The van der Waals surface area contributed by atoms with Crippen molar-refractivity contribution < 1.29 is 5.11 Å². The molecule has 0 unspecified atom stereocenters. The number of aromatic hydroxyl groups is 1. The highest BCUT2D eigenvalue weighted by Gasteiger charge is 2.10. The molecule has 0 saturated heterocycles. The summed E-state index contributed by atoms with van der Waals surface area (Å²) in [6, 6.07) is 5.60. The average molecular weight is 152 g/mol. The van der Waals surface area contributed by atoms with Crippen molar-refractivity contribution in [3.05, 3.63) is 23.8 Å². The van der Waals surface area contributed by atoms with Crippen molar-refractivity contribution in [2.45, 2.75) is 11.3 Å². The Balaban J connectivity index is 2.52. The number of hydrogen-bond donors (Lipinski definition) is 1. The summed E-state index contributed by atoms with van der Waals surface area (Å²) >= 11 is 1.82. The summed E-state index contributed by atoms with van der Waals surface area (Å²) < 4.78 is 0. The summed E-state index contributed by atoms with van der Waals surface area (Å²) in [5.74, 6) is 1.55. The number of rotatable bonds is 0. The monoisotopic (exact) mass is 152 g/mol. The highest BCUT2D eigenvalue weighted by atomic mass is 32.2. The van der Waals surface area contributed by atoms with E-state index in [4.69, 9.17) is 5.11 Å². The van der Waals surface area contributed by atoms with Gasteiger partial charge in [0.15, 0.2) is 0 Å². The van der Waals surface area contributed by atoms with Crippen LogP contribution in [-0.4, -0.2) is 10.9 Å². The second-order valence-electron chi connectivity index (χ2n) is 2.39. The molecule has 1 aromatic carbocycles. The lowest BCUT2D eigenvalue weighted by molar-refractivity contribution is 0.473. The maximum Gasteiger partial charge on any atom is 0.116 e. The largest absolute Gasteiger partial charge is 0.508 e. The van der Waals surface area contributed by atoms with Crippen LogP contribution in [0.15, 0.2) is 23.1 Å². The van der Waals surface area contributed by atoms with E-state index in [0.717, 1.165) is 6.42 Å². The molecular weight excluding hydrogens is 144 g/mol. The van der Waals surface area contributed by atoms with Crippen molar-refractivity contribution in [2.75, 3.05) is 5.75 Å². The van der Waals surface area contributed by atoms with Crippen molar-refractivity contribution in [3.63, 3.8) is 0 Å². The van der Waals surface area contributed by atoms with Gasteiger partial charge in [0.1, 0.15) is 5.75 Å². The molecule has 0 radical (unpaired) electrons. The Morgan fingerprint density at radius 3 is 3.20 bits per heavy atom. The molecule has 1 aliphatic heterocycles. The van der Waals surface area contributed by atoms with Gasteiger partial charge in [-0.15, -0.1) is 11.8 Å². The van der Waals surface area contributed by atoms with E-state index in [0.29, 0.717) is 5.75 Å². The second-order valence-corrected chi connectivity index (χ2v) is 3.53. The fourth-order valence-corrected chi connectivity index (χ4v) is 2.26. The van der Waals surface area contributed by atoms with Crippen molar-refractivity contribution in [3.8, 4) is 5.75 Å². The summed E-state index contributed by atoms with van der Waals surface area (Å²) in [5.41, 5.74) is 1.38. The van der Waals surface area contributed by atoms with Gasteiger partial charge in [0, 0.05) is 10.6 Å². The van der Waals surface area contributed by atoms with E-state index in [1.165, 1.54) is 16.2 Å². The van der Waals surface area contributed by atoms with E-state index < -0.39 is 0 Å². The number of phenols is 1. The molecule has 1 N–H and O–H groups in total. The third-order valence-corrected chi connectivity index (χ3v) is 2.78. The molecule has 0 aromatic heterocycles. The van der Waals surface area contributed by atoms with Crippen LogP contribution in [-0.2, 0) is 6.42 Å². The van der Waals surface area contributed by atoms with E-state index in [1.54, 1.807) is 6.07 Å². The van der Waals surface area contributed by atoms with Crippen LogP contribution in [0.5, 0.6) is 5.75 Å². The van der Waals surface area contributed by atoms with Gasteiger partial charge in [-0.2, -0.15) is 0 Å². The molecule has 0 amide bonds. The van der Waals surface area contributed by atoms with Gasteiger partial charge in [0.2, 0.25) is 0 Å². The van der Waals surface area contributed by atoms with Crippen LogP contribution >= 0.6 is 11.8 Å². The summed E-state index contributed by atoms with van der Waals surface area (Å²) in [5, 5.41) is 9.08. The van der Waals surface area contributed by atoms with Crippen molar-refractivity contribution in [2.24, 2.45) is 0 Å². The summed E-state index contributed by atoms with van der Waals surface area (Å²) in [7, 11) is 0. The third-order valence-electron chi connectivity index (χ3n) is 1.68. The topological polar surface area (TPSA) is 20.2 Å². The Morgan fingerprint density at radius 2 is 2.30 bits per heavy atom. The summed E-state index contributed by atoms with van der Waals surface area (Å²) in [6.07, 6.45) is 1.15. The van der Waals surface area contributed by atoms with Gasteiger partial charge in [0.25, 0.3) is 0 Å². The second kappa shape index (κ2) is 2.20. The molecule has 1 aliphatic rings. The predicted octanol–water partition coefficient (Wildman–Crippen LogP) is 2.04. The Kier molecular flexibility index (Phi) is 1.34. The molecule has 0 spiro atoms. The number of hydrogen-bond acceptors (Lipinski definition) is 2. The Morgan fingerprint density at radius 1 is 1.40 bits per heavy atom. The van der Waals surface area contributed by atoms with Gasteiger partial charge in [-0.25, -0.2) is 0 Å². The minimum atomic E-state index is 0.383. The lowest BCUT2D eigenvalue weighted by Crippen LogP contribution is -1.77. The van der Waals surface area contributed by atoms with Gasteiger partial charge >= 0.3 is 0 Å². The summed E-state index contributed by atoms with van der Waals surface area (Å²) in [6.45, 7) is 0. The van der Waals surface area contributed by atoms with Crippen molar-refractivity contribution in [1.29, 1.82) is 0 Å². The molecule has 0 fully saturated rings. The number of phenolic OH excluding ortho intramolecular Hbond substituents is 1. The lowest BCUT2D eigenvalue weighted by Gasteiger charge is -1.96. The number of aryl methyl sites for hydroxylation is 1. The first-order valence-electron chi connectivity index (χ1n) is 3.31. The molecule has 0 atom stereocenters. The van der Waals surface area contributed by atoms with Crippen LogP contribution in [0, 0.1) is 0 Å². The lowest BCUT2D eigenvalue weighted by atomic mass is 10.2. The van der Waals surface area contributed by atoms with Crippen molar-refractivity contribution >= 4 is 11.8 Å². The molecule has 10 heavy (non-hydrogen) atoms. The number of fused-ring (bicyclic) bond motifs is 1. The van der Waals surface area contributed by atoms with Gasteiger partial charge in [-0.3, -0.25) is 0 Å². The molecule has 1 aromatic rings.